The van der Waals surface area contributed by atoms with Crippen molar-refractivity contribution in [2.75, 3.05) is 5.32 Å². The first-order valence-corrected chi connectivity index (χ1v) is 5.18. The third kappa shape index (κ3) is 3.90. The van der Waals surface area contributed by atoms with Crippen molar-refractivity contribution in [3.63, 3.8) is 0 Å². The van der Waals surface area contributed by atoms with Gasteiger partial charge in [-0.05, 0) is 31.5 Å². The molecule has 0 fully saturated rings. The summed E-state index contributed by atoms with van der Waals surface area (Å²) >= 11 is 5.93. The molecule has 1 rings (SSSR count). The Kier molecular flexibility index (Phi) is 4.12. The van der Waals surface area contributed by atoms with Gasteiger partial charge in [-0.1, -0.05) is 17.7 Å². The van der Waals surface area contributed by atoms with E-state index in [1.54, 1.807) is 13.0 Å². The Morgan fingerprint density at radius 1 is 1.60 bits per heavy atom. The van der Waals surface area contributed by atoms with Gasteiger partial charge < -0.3 is 11.1 Å². The van der Waals surface area contributed by atoms with Crippen LogP contribution in [0.1, 0.15) is 18.9 Å². The van der Waals surface area contributed by atoms with Crippen LogP contribution >= 0.6 is 11.6 Å². The van der Waals surface area contributed by atoms with Gasteiger partial charge in [-0.2, -0.15) is 0 Å². The minimum atomic E-state index is -0.145. The van der Waals surface area contributed by atoms with Crippen molar-refractivity contribution in [3.8, 4) is 0 Å². The van der Waals surface area contributed by atoms with Gasteiger partial charge in [-0.25, -0.2) is 0 Å². The molecule has 0 aromatic heterocycles. The summed E-state index contributed by atoms with van der Waals surface area (Å²) < 4.78 is 0. The van der Waals surface area contributed by atoms with Gasteiger partial charge in [0, 0.05) is 12.5 Å². The van der Waals surface area contributed by atoms with Gasteiger partial charge in [0.15, 0.2) is 0 Å². The van der Waals surface area contributed by atoms with Gasteiger partial charge in [-0.3, -0.25) is 4.79 Å². The highest BCUT2D eigenvalue weighted by atomic mass is 35.5. The Bertz CT molecular complexity index is 364. The van der Waals surface area contributed by atoms with Crippen molar-refractivity contribution in [2.24, 2.45) is 5.73 Å². The van der Waals surface area contributed by atoms with E-state index in [4.69, 9.17) is 17.3 Å². The van der Waals surface area contributed by atoms with E-state index in [1.165, 1.54) is 0 Å². The van der Waals surface area contributed by atoms with E-state index in [0.717, 1.165) is 5.56 Å². The third-order valence-corrected chi connectivity index (χ3v) is 2.23. The molecule has 3 N–H and O–H groups in total. The molecule has 15 heavy (non-hydrogen) atoms. The van der Waals surface area contributed by atoms with Crippen LogP contribution in [0.15, 0.2) is 18.2 Å². The Morgan fingerprint density at radius 3 is 2.87 bits per heavy atom. The lowest BCUT2D eigenvalue weighted by Crippen LogP contribution is -2.24. The number of hydrogen-bond acceptors (Lipinski definition) is 2. The molecule has 4 heteroatoms. The Hall–Kier alpha value is -1.06. The summed E-state index contributed by atoms with van der Waals surface area (Å²) in [5.74, 6) is -0.113. The van der Waals surface area contributed by atoms with E-state index in [-0.39, 0.29) is 11.9 Å². The summed E-state index contributed by atoms with van der Waals surface area (Å²) in [7, 11) is 0. The summed E-state index contributed by atoms with van der Waals surface area (Å²) in [5, 5.41) is 3.27. The standard InChI is InChI=1S/C11H15ClN2O/c1-7-3-4-9(12)10(5-7)14-11(15)6-8(2)13/h3-5,8H,6,13H2,1-2H3,(H,14,15). The molecule has 3 nitrogen and oxygen atoms in total. The lowest BCUT2D eigenvalue weighted by molar-refractivity contribution is -0.116. The molecular formula is C11H15ClN2O. The fourth-order valence-electron chi connectivity index (χ4n) is 1.23. The second-order valence-electron chi connectivity index (χ2n) is 3.71. The number of carbonyl (C=O) groups is 1. The Morgan fingerprint density at radius 2 is 2.27 bits per heavy atom. The van der Waals surface area contributed by atoms with Crippen LogP contribution in [-0.4, -0.2) is 11.9 Å². The van der Waals surface area contributed by atoms with Crippen LogP contribution in [0, 0.1) is 6.92 Å². The van der Waals surface area contributed by atoms with E-state index in [2.05, 4.69) is 5.32 Å². The molecular weight excluding hydrogens is 212 g/mol. The second kappa shape index (κ2) is 5.14. The molecule has 0 aliphatic rings. The molecule has 1 unspecified atom stereocenters. The number of nitrogens with two attached hydrogens (primary N) is 1. The van der Waals surface area contributed by atoms with Crippen LogP contribution in [-0.2, 0) is 4.79 Å². The van der Waals surface area contributed by atoms with Gasteiger partial charge in [0.25, 0.3) is 0 Å². The highest BCUT2D eigenvalue weighted by Crippen LogP contribution is 2.22. The molecule has 82 valence electrons. The lowest BCUT2D eigenvalue weighted by Gasteiger charge is -2.09. The zero-order chi connectivity index (χ0) is 11.4. The molecule has 0 spiro atoms. The summed E-state index contributed by atoms with van der Waals surface area (Å²) in [6.07, 6.45) is 0.296. The highest BCUT2D eigenvalue weighted by Gasteiger charge is 2.07. The number of benzene rings is 1. The van der Waals surface area contributed by atoms with Crippen LogP contribution in [0.25, 0.3) is 0 Å². The second-order valence-corrected chi connectivity index (χ2v) is 4.12. The SMILES string of the molecule is Cc1ccc(Cl)c(NC(=O)CC(C)N)c1. The average Bonchev–Trinajstić information content (AvgIpc) is 2.10. The zero-order valence-corrected chi connectivity index (χ0v) is 9.64. The number of nitrogens with one attached hydrogen (secondary N) is 1. The molecule has 0 bridgehead atoms. The Labute approximate surface area is 94.6 Å². The van der Waals surface area contributed by atoms with Crippen molar-refractivity contribution in [1.29, 1.82) is 0 Å². The summed E-state index contributed by atoms with van der Waals surface area (Å²) in [5.41, 5.74) is 7.21. The molecule has 1 atom stereocenters. The van der Waals surface area contributed by atoms with Crippen molar-refractivity contribution >= 4 is 23.2 Å². The van der Waals surface area contributed by atoms with Crippen LogP contribution < -0.4 is 11.1 Å². The van der Waals surface area contributed by atoms with E-state index in [9.17, 15) is 4.79 Å². The van der Waals surface area contributed by atoms with Crippen molar-refractivity contribution in [2.45, 2.75) is 26.3 Å². The topological polar surface area (TPSA) is 55.1 Å². The molecule has 1 aromatic carbocycles. The molecule has 0 saturated carbocycles. The Balaban J connectivity index is 2.71. The predicted molar refractivity (Wildman–Crippen MR) is 63.1 cm³/mol. The maximum Gasteiger partial charge on any atom is 0.225 e. The lowest BCUT2D eigenvalue weighted by atomic mass is 10.2. The fraction of sp³-hybridized carbons (Fsp3) is 0.364. The van der Waals surface area contributed by atoms with Crippen LogP contribution in [0.4, 0.5) is 5.69 Å². The van der Waals surface area contributed by atoms with E-state index in [1.807, 2.05) is 19.1 Å². The average molecular weight is 227 g/mol. The van der Waals surface area contributed by atoms with Crippen LogP contribution in [0.2, 0.25) is 5.02 Å². The molecule has 0 saturated heterocycles. The smallest absolute Gasteiger partial charge is 0.225 e. The number of amides is 1. The summed E-state index contributed by atoms with van der Waals surface area (Å²) in [4.78, 5) is 11.4. The number of rotatable bonds is 3. The molecule has 1 amide bonds. The zero-order valence-electron chi connectivity index (χ0n) is 8.88. The van der Waals surface area contributed by atoms with Gasteiger partial charge in [0.2, 0.25) is 5.91 Å². The van der Waals surface area contributed by atoms with Crippen LogP contribution in [0.3, 0.4) is 0 Å². The minimum absolute atomic E-state index is 0.113. The van der Waals surface area contributed by atoms with Crippen molar-refractivity contribution in [1.82, 2.24) is 0 Å². The van der Waals surface area contributed by atoms with Gasteiger partial charge in [0.05, 0.1) is 10.7 Å². The maximum atomic E-state index is 11.4. The number of halogens is 1. The number of hydrogen-bond donors (Lipinski definition) is 2. The molecule has 0 aliphatic carbocycles. The van der Waals surface area contributed by atoms with Gasteiger partial charge >= 0.3 is 0 Å². The van der Waals surface area contributed by atoms with Crippen molar-refractivity contribution in [3.05, 3.63) is 28.8 Å². The summed E-state index contributed by atoms with van der Waals surface area (Å²) in [6, 6.07) is 5.34. The summed E-state index contributed by atoms with van der Waals surface area (Å²) in [6.45, 7) is 3.73. The van der Waals surface area contributed by atoms with Gasteiger partial charge in [-0.15, -0.1) is 0 Å². The maximum absolute atomic E-state index is 11.4. The number of carbonyl (C=O) groups excluding carboxylic acids is 1. The third-order valence-electron chi connectivity index (χ3n) is 1.90. The number of anilines is 1. The molecule has 1 aromatic rings. The predicted octanol–water partition coefficient (Wildman–Crippen LogP) is 2.32. The first-order valence-electron chi connectivity index (χ1n) is 4.80. The first-order chi connectivity index (χ1) is 6.99. The van der Waals surface area contributed by atoms with Gasteiger partial charge in [0.1, 0.15) is 0 Å². The van der Waals surface area contributed by atoms with E-state index < -0.39 is 0 Å². The van der Waals surface area contributed by atoms with Crippen LogP contribution in [0.5, 0.6) is 0 Å². The highest BCUT2D eigenvalue weighted by molar-refractivity contribution is 6.33. The van der Waals surface area contributed by atoms with E-state index >= 15 is 0 Å². The normalized spacial score (nSPS) is 12.3. The number of aryl methyl sites for hydroxylation is 1. The molecule has 0 radical (unpaired) electrons. The largest absolute Gasteiger partial charge is 0.327 e. The molecule has 0 heterocycles. The molecule has 0 aliphatic heterocycles. The fourth-order valence-corrected chi connectivity index (χ4v) is 1.39. The monoisotopic (exact) mass is 226 g/mol. The minimum Gasteiger partial charge on any atom is -0.327 e. The quantitative estimate of drug-likeness (QED) is 0.831. The first kappa shape index (κ1) is 12.0. The van der Waals surface area contributed by atoms with E-state index in [0.29, 0.717) is 17.1 Å². The van der Waals surface area contributed by atoms with Crippen molar-refractivity contribution < 1.29 is 4.79 Å².